The number of nitrogens with zero attached hydrogens (tertiary/aromatic N) is 4. The number of anilines is 1. The van der Waals surface area contributed by atoms with Crippen molar-refractivity contribution >= 4 is 51.2 Å². The fraction of sp³-hybridized carbons (Fsp3) is 0.154. The monoisotopic (exact) mass is 483 g/mol. The van der Waals surface area contributed by atoms with Crippen LogP contribution in [0.1, 0.15) is 29.2 Å². The van der Waals surface area contributed by atoms with Crippen molar-refractivity contribution < 1.29 is 13.9 Å². The molecule has 0 spiro atoms. The van der Waals surface area contributed by atoms with Crippen LogP contribution in [-0.2, 0) is 6.42 Å². The molecule has 0 saturated heterocycles. The van der Waals surface area contributed by atoms with E-state index in [1.807, 2.05) is 53.8 Å². The molecule has 0 atom stereocenters. The Morgan fingerprint density at radius 3 is 2.86 bits per heavy atom. The number of imidazole rings is 1. The van der Waals surface area contributed by atoms with Crippen LogP contribution in [0.2, 0.25) is 5.15 Å². The number of H-pyrrole nitrogens is 1. The van der Waals surface area contributed by atoms with Crippen molar-refractivity contribution in [1.82, 2.24) is 9.97 Å². The predicted octanol–water partition coefficient (Wildman–Crippen LogP) is 5.03. The van der Waals surface area contributed by atoms with E-state index in [1.165, 1.54) is 0 Å². The zero-order valence-corrected chi connectivity index (χ0v) is 19.8. The number of hydrogen-bond donors (Lipinski definition) is 2. The molecule has 0 unspecified atom stereocenters. The minimum absolute atomic E-state index is 0.196. The molecule has 9 heteroatoms. The van der Waals surface area contributed by atoms with E-state index in [-0.39, 0.29) is 6.79 Å². The van der Waals surface area contributed by atoms with Gasteiger partial charge in [-0.3, -0.25) is 4.98 Å². The van der Waals surface area contributed by atoms with E-state index in [0.29, 0.717) is 27.8 Å². The molecule has 0 radical (unpaired) electrons. The van der Waals surface area contributed by atoms with Gasteiger partial charge in [0.25, 0.3) is 5.82 Å². The van der Waals surface area contributed by atoms with E-state index >= 15 is 0 Å². The number of nitriles is 1. The van der Waals surface area contributed by atoms with Crippen LogP contribution in [0.5, 0.6) is 11.5 Å². The van der Waals surface area contributed by atoms with Gasteiger partial charge in [-0.1, -0.05) is 30.7 Å². The summed E-state index contributed by atoms with van der Waals surface area (Å²) in [5, 5.41) is 15.6. The van der Waals surface area contributed by atoms with Gasteiger partial charge in [-0.15, -0.1) is 5.10 Å². The second-order valence-corrected chi connectivity index (χ2v) is 8.61. The second kappa shape index (κ2) is 8.15. The van der Waals surface area contributed by atoms with Gasteiger partial charge in [-0.2, -0.15) is 15.1 Å². The van der Waals surface area contributed by atoms with Gasteiger partial charge in [0, 0.05) is 22.6 Å². The van der Waals surface area contributed by atoms with Crippen LogP contribution in [0.3, 0.4) is 0 Å². The first-order chi connectivity index (χ1) is 17.1. The maximum absolute atomic E-state index is 9.88. The Bertz CT molecular complexity index is 1730. The summed E-state index contributed by atoms with van der Waals surface area (Å²) < 4.78 is 12.9. The standard InChI is InChI=1S/C26H19ClN6O2/c1-3-17-14(2)18(11-28)25-31-19-6-4-5-7-21(19)33(25)26(17)32-29-12-16-8-15-9-22-23(35-13-34-22)10-20(15)30-24(16)27/h4-10,12H,3,13H2,1-2H3,(H,31,32)/p+1. The van der Waals surface area contributed by atoms with Crippen LogP contribution in [0, 0.1) is 18.3 Å². The third-order valence-electron chi connectivity index (χ3n) is 6.32. The Hall–Kier alpha value is -4.35. The third kappa shape index (κ3) is 3.32. The van der Waals surface area contributed by atoms with E-state index in [1.54, 1.807) is 6.21 Å². The zero-order valence-electron chi connectivity index (χ0n) is 19.0. The van der Waals surface area contributed by atoms with Crippen molar-refractivity contribution in [3.05, 3.63) is 69.9 Å². The highest BCUT2D eigenvalue weighted by Gasteiger charge is 2.25. The molecule has 1 aliphatic heterocycles. The third-order valence-corrected chi connectivity index (χ3v) is 6.63. The Kier molecular flexibility index (Phi) is 4.94. The SMILES string of the molecule is CCc1c(C)c(C#N)c2[nH]c3ccccc3[n+]2c1NN=Cc1cc2cc3c(cc2nc1Cl)OCO3. The van der Waals surface area contributed by atoms with Crippen LogP contribution in [0.25, 0.3) is 27.6 Å². The molecule has 2 N–H and O–H groups in total. The van der Waals surface area contributed by atoms with Gasteiger partial charge >= 0.3 is 0 Å². The van der Waals surface area contributed by atoms with Crippen molar-refractivity contribution in [2.45, 2.75) is 20.3 Å². The molecule has 0 fully saturated rings. The number of halogens is 1. The predicted molar refractivity (Wildman–Crippen MR) is 134 cm³/mol. The summed E-state index contributed by atoms with van der Waals surface area (Å²) in [4.78, 5) is 7.88. The van der Waals surface area contributed by atoms with Crippen LogP contribution in [-0.4, -0.2) is 23.0 Å². The summed E-state index contributed by atoms with van der Waals surface area (Å²) in [5.74, 6) is 2.13. The Morgan fingerprint density at radius 2 is 2.06 bits per heavy atom. The highest BCUT2D eigenvalue weighted by molar-refractivity contribution is 6.32. The van der Waals surface area contributed by atoms with E-state index in [4.69, 9.17) is 21.1 Å². The van der Waals surface area contributed by atoms with E-state index in [2.05, 4.69) is 33.5 Å². The average molecular weight is 484 g/mol. The lowest BCUT2D eigenvalue weighted by Gasteiger charge is -2.10. The zero-order chi connectivity index (χ0) is 24.1. The number of benzene rings is 2. The number of aromatic amines is 1. The largest absolute Gasteiger partial charge is 0.454 e. The lowest BCUT2D eigenvalue weighted by atomic mass is 10.0. The molecular formula is C26H20ClN6O2+. The highest BCUT2D eigenvalue weighted by Crippen LogP contribution is 2.36. The van der Waals surface area contributed by atoms with Crippen molar-refractivity contribution in [2.75, 3.05) is 12.2 Å². The van der Waals surface area contributed by atoms with Gasteiger partial charge < -0.3 is 9.47 Å². The Balaban J connectivity index is 1.46. The van der Waals surface area contributed by atoms with Gasteiger partial charge in [0.1, 0.15) is 27.8 Å². The van der Waals surface area contributed by atoms with Crippen molar-refractivity contribution in [2.24, 2.45) is 5.10 Å². The molecule has 6 rings (SSSR count). The quantitative estimate of drug-likeness (QED) is 0.162. The summed E-state index contributed by atoms with van der Waals surface area (Å²) in [6.07, 6.45) is 2.37. The summed E-state index contributed by atoms with van der Waals surface area (Å²) in [5.41, 5.74) is 9.75. The van der Waals surface area contributed by atoms with Crippen LogP contribution >= 0.6 is 11.6 Å². The van der Waals surface area contributed by atoms with Gasteiger partial charge in [0.2, 0.25) is 12.4 Å². The normalized spacial score (nSPS) is 12.7. The van der Waals surface area contributed by atoms with E-state index in [0.717, 1.165) is 50.9 Å². The number of hydrazone groups is 1. The number of aromatic nitrogens is 3. The first-order valence-electron chi connectivity index (χ1n) is 11.2. The maximum Gasteiger partial charge on any atom is 0.253 e. The molecule has 1 aliphatic rings. The average Bonchev–Trinajstić information content (AvgIpc) is 3.47. The topological polar surface area (TPSA) is 99.4 Å². The molecule has 0 saturated carbocycles. The summed E-state index contributed by atoms with van der Waals surface area (Å²) >= 11 is 6.47. The minimum Gasteiger partial charge on any atom is -0.454 e. The van der Waals surface area contributed by atoms with Crippen LogP contribution in [0.4, 0.5) is 5.82 Å². The molecule has 5 aromatic rings. The fourth-order valence-corrected chi connectivity index (χ4v) is 4.82. The van der Waals surface area contributed by atoms with Crippen molar-refractivity contribution in [3.8, 4) is 17.6 Å². The number of fused-ring (bicyclic) bond motifs is 5. The number of hydrogen-bond acceptors (Lipinski definition) is 6. The number of nitrogens with one attached hydrogen (secondary N) is 2. The van der Waals surface area contributed by atoms with Crippen LogP contribution < -0.4 is 19.3 Å². The van der Waals surface area contributed by atoms with Gasteiger partial charge in [-0.25, -0.2) is 4.98 Å². The summed E-state index contributed by atoms with van der Waals surface area (Å²) in [6, 6.07) is 15.9. The number of para-hydroxylation sites is 2. The van der Waals surface area contributed by atoms with Crippen molar-refractivity contribution in [1.29, 1.82) is 5.26 Å². The smallest absolute Gasteiger partial charge is 0.253 e. The Labute approximate surface area is 205 Å². The number of rotatable bonds is 4. The molecule has 2 aromatic carbocycles. The van der Waals surface area contributed by atoms with E-state index < -0.39 is 0 Å². The lowest BCUT2D eigenvalue weighted by molar-refractivity contribution is -0.465. The first kappa shape index (κ1) is 21.2. The van der Waals surface area contributed by atoms with Crippen molar-refractivity contribution in [3.63, 3.8) is 0 Å². The number of pyridine rings is 2. The second-order valence-electron chi connectivity index (χ2n) is 8.26. The maximum atomic E-state index is 9.88. The molecule has 3 aromatic heterocycles. The molecule has 8 nitrogen and oxygen atoms in total. The summed E-state index contributed by atoms with van der Waals surface area (Å²) in [7, 11) is 0. The van der Waals surface area contributed by atoms with Gasteiger partial charge in [0.15, 0.2) is 11.5 Å². The molecule has 4 heterocycles. The molecule has 0 bridgehead atoms. The molecule has 35 heavy (non-hydrogen) atoms. The van der Waals surface area contributed by atoms with Crippen LogP contribution in [0.15, 0.2) is 47.6 Å². The first-order valence-corrected chi connectivity index (χ1v) is 11.5. The molecule has 172 valence electrons. The Morgan fingerprint density at radius 1 is 1.26 bits per heavy atom. The summed E-state index contributed by atoms with van der Waals surface area (Å²) in [6.45, 7) is 4.22. The molecular weight excluding hydrogens is 464 g/mol. The molecule has 0 aliphatic carbocycles. The lowest BCUT2D eigenvalue weighted by Crippen LogP contribution is -2.28. The van der Waals surface area contributed by atoms with Gasteiger partial charge in [-0.05, 0) is 43.2 Å². The van der Waals surface area contributed by atoms with E-state index in [9.17, 15) is 5.26 Å². The minimum atomic E-state index is 0.196. The molecule has 0 amide bonds. The van der Waals surface area contributed by atoms with Gasteiger partial charge in [0.05, 0.1) is 11.7 Å². The number of ether oxygens (including phenoxy) is 2. The fourth-order valence-electron chi connectivity index (χ4n) is 4.62. The highest BCUT2D eigenvalue weighted by atomic mass is 35.5.